The lowest BCUT2D eigenvalue weighted by atomic mass is 9.92. The van der Waals surface area contributed by atoms with Crippen LogP contribution in [0.3, 0.4) is 0 Å². The molecule has 4 nitrogen and oxygen atoms in total. The maximum absolute atomic E-state index is 11.8. The monoisotopic (exact) mass is 214 g/mol. The van der Waals surface area contributed by atoms with Gasteiger partial charge in [-0.15, -0.1) is 0 Å². The average molecular weight is 214 g/mol. The van der Waals surface area contributed by atoms with E-state index in [4.69, 9.17) is 10.8 Å². The molecule has 15 heavy (non-hydrogen) atoms. The highest BCUT2D eigenvalue weighted by atomic mass is 16.3. The third-order valence-electron chi connectivity index (χ3n) is 3.07. The van der Waals surface area contributed by atoms with Crippen LogP contribution in [0.2, 0.25) is 0 Å². The van der Waals surface area contributed by atoms with Gasteiger partial charge >= 0.3 is 0 Å². The SMILES string of the molecule is CC(C)(CO)CNC(=O)C(C)(N)C1CC1. The summed E-state index contributed by atoms with van der Waals surface area (Å²) in [5, 5.41) is 11.9. The number of nitrogens with one attached hydrogen (secondary N) is 1. The topological polar surface area (TPSA) is 75.3 Å². The first-order valence-electron chi connectivity index (χ1n) is 5.47. The number of amides is 1. The Balaban J connectivity index is 2.42. The smallest absolute Gasteiger partial charge is 0.240 e. The fraction of sp³-hybridized carbons (Fsp3) is 0.909. The van der Waals surface area contributed by atoms with E-state index in [0.29, 0.717) is 12.5 Å². The predicted octanol–water partition coefficient (Wildman–Crippen LogP) is 0.249. The fourth-order valence-electron chi connectivity index (χ4n) is 1.43. The molecule has 0 aromatic carbocycles. The third kappa shape index (κ3) is 3.18. The van der Waals surface area contributed by atoms with Crippen LogP contribution < -0.4 is 11.1 Å². The van der Waals surface area contributed by atoms with Crippen LogP contribution >= 0.6 is 0 Å². The van der Waals surface area contributed by atoms with Gasteiger partial charge in [-0.2, -0.15) is 0 Å². The second-order valence-corrected chi connectivity index (χ2v) is 5.56. The lowest BCUT2D eigenvalue weighted by Crippen LogP contribution is -2.55. The average Bonchev–Trinajstić information content (AvgIpc) is 2.97. The van der Waals surface area contributed by atoms with E-state index in [1.807, 2.05) is 13.8 Å². The summed E-state index contributed by atoms with van der Waals surface area (Å²) in [5.74, 6) is 0.223. The van der Waals surface area contributed by atoms with Crippen LogP contribution in [-0.2, 0) is 4.79 Å². The quantitative estimate of drug-likeness (QED) is 0.614. The van der Waals surface area contributed by atoms with Crippen LogP contribution in [0.15, 0.2) is 0 Å². The molecule has 0 bridgehead atoms. The van der Waals surface area contributed by atoms with E-state index < -0.39 is 5.54 Å². The zero-order chi connectivity index (χ0) is 11.7. The summed E-state index contributed by atoms with van der Waals surface area (Å²) in [6.07, 6.45) is 2.09. The molecule has 0 aromatic rings. The molecular weight excluding hydrogens is 192 g/mol. The van der Waals surface area contributed by atoms with E-state index in [-0.39, 0.29) is 17.9 Å². The molecular formula is C11H22N2O2. The molecule has 0 aromatic heterocycles. The van der Waals surface area contributed by atoms with Crippen LogP contribution in [-0.4, -0.2) is 29.7 Å². The van der Waals surface area contributed by atoms with E-state index in [9.17, 15) is 4.79 Å². The Morgan fingerprint density at radius 1 is 1.47 bits per heavy atom. The Morgan fingerprint density at radius 3 is 2.40 bits per heavy atom. The molecule has 1 rings (SSSR count). The number of hydrogen-bond donors (Lipinski definition) is 3. The van der Waals surface area contributed by atoms with E-state index in [1.165, 1.54) is 0 Å². The summed E-state index contributed by atoms with van der Waals surface area (Å²) in [7, 11) is 0. The van der Waals surface area contributed by atoms with Crippen molar-refractivity contribution >= 4 is 5.91 Å². The van der Waals surface area contributed by atoms with Crippen molar-refractivity contribution < 1.29 is 9.90 Å². The minimum Gasteiger partial charge on any atom is -0.396 e. The summed E-state index contributed by atoms with van der Waals surface area (Å²) in [6.45, 7) is 6.10. The second-order valence-electron chi connectivity index (χ2n) is 5.56. The number of aliphatic hydroxyl groups is 1. The normalized spacial score (nSPS) is 20.9. The van der Waals surface area contributed by atoms with Crippen LogP contribution in [0.4, 0.5) is 0 Å². The highest BCUT2D eigenvalue weighted by Gasteiger charge is 2.44. The number of aliphatic hydroxyl groups excluding tert-OH is 1. The summed E-state index contributed by atoms with van der Waals surface area (Å²) >= 11 is 0. The van der Waals surface area contributed by atoms with Gasteiger partial charge in [-0.3, -0.25) is 4.79 Å². The van der Waals surface area contributed by atoms with Gasteiger partial charge in [0.05, 0.1) is 5.54 Å². The number of hydrogen-bond acceptors (Lipinski definition) is 3. The van der Waals surface area contributed by atoms with Crippen molar-refractivity contribution in [3.05, 3.63) is 0 Å². The Morgan fingerprint density at radius 2 is 2.00 bits per heavy atom. The molecule has 88 valence electrons. The van der Waals surface area contributed by atoms with Crippen molar-refractivity contribution in [2.75, 3.05) is 13.2 Å². The molecule has 1 aliphatic carbocycles. The molecule has 0 spiro atoms. The lowest BCUT2D eigenvalue weighted by Gasteiger charge is -2.27. The summed E-state index contributed by atoms with van der Waals surface area (Å²) in [4.78, 5) is 11.8. The van der Waals surface area contributed by atoms with Crippen molar-refractivity contribution in [2.24, 2.45) is 17.1 Å². The van der Waals surface area contributed by atoms with E-state index in [0.717, 1.165) is 12.8 Å². The first-order chi connectivity index (χ1) is 6.79. The van der Waals surface area contributed by atoms with E-state index >= 15 is 0 Å². The number of rotatable bonds is 5. The lowest BCUT2D eigenvalue weighted by molar-refractivity contribution is -0.127. The van der Waals surface area contributed by atoms with Crippen molar-refractivity contribution in [2.45, 2.75) is 39.2 Å². The Kier molecular flexibility index (Phi) is 3.41. The summed E-state index contributed by atoms with van der Waals surface area (Å²) in [6, 6.07) is 0. The zero-order valence-electron chi connectivity index (χ0n) is 9.84. The highest BCUT2D eigenvalue weighted by Crippen LogP contribution is 2.38. The molecule has 0 saturated heterocycles. The van der Waals surface area contributed by atoms with Crippen LogP contribution in [0.25, 0.3) is 0 Å². The van der Waals surface area contributed by atoms with Crippen molar-refractivity contribution in [3.63, 3.8) is 0 Å². The number of nitrogens with two attached hydrogens (primary N) is 1. The molecule has 4 heteroatoms. The van der Waals surface area contributed by atoms with Gasteiger partial charge in [0.1, 0.15) is 0 Å². The molecule has 1 fully saturated rings. The second kappa shape index (κ2) is 4.10. The molecule has 0 aliphatic heterocycles. The molecule has 0 heterocycles. The van der Waals surface area contributed by atoms with Gasteiger partial charge in [-0.05, 0) is 25.7 Å². The molecule has 1 amide bonds. The van der Waals surface area contributed by atoms with Crippen LogP contribution in [0, 0.1) is 11.3 Å². The Labute approximate surface area is 91.2 Å². The molecule has 0 radical (unpaired) electrons. The van der Waals surface area contributed by atoms with E-state index in [1.54, 1.807) is 6.92 Å². The first kappa shape index (κ1) is 12.5. The fourth-order valence-corrected chi connectivity index (χ4v) is 1.43. The van der Waals surface area contributed by atoms with Gasteiger partial charge in [0.25, 0.3) is 0 Å². The van der Waals surface area contributed by atoms with Crippen molar-refractivity contribution in [1.29, 1.82) is 0 Å². The van der Waals surface area contributed by atoms with Gasteiger partial charge in [-0.1, -0.05) is 13.8 Å². The van der Waals surface area contributed by atoms with Crippen molar-refractivity contribution in [3.8, 4) is 0 Å². The first-order valence-corrected chi connectivity index (χ1v) is 5.47. The summed E-state index contributed by atoms with van der Waals surface area (Å²) in [5.41, 5.74) is 4.93. The minimum atomic E-state index is -0.745. The molecule has 4 N–H and O–H groups in total. The molecule has 1 aliphatic rings. The van der Waals surface area contributed by atoms with Crippen molar-refractivity contribution in [1.82, 2.24) is 5.32 Å². The predicted molar refractivity (Wildman–Crippen MR) is 59.2 cm³/mol. The van der Waals surface area contributed by atoms with Gasteiger partial charge in [0.15, 0.2) is 0 Å². The van der Waals surface area contributed by atoms with Gasteiger partial charge in [0.2, 0.25) is 5.91 Å². The standard InChI is InChI=1S/C11H22N2O2/c1-10(2,7-14)6-13-9(15)11(3,12)8-4-5-8/h8,14H,4-7,12H2,1-3H3,(H,13,15). The molecule has 1 atom stereocenters. The van der Waals surface area contributed by atoms with Crippen LogP contribution in [0.5, 0.6) is 0 Å². The van der Waals surface area contributed by atoms with Gasteiger partial charge in [-0.25, -0.2) is 0 Å². The van der Waals surface area contributed by atoms with Gasteiger partial charge in [0, 0.05) is 18.6 Å². The minimum absolute atomic E-state index is 0.0536. The summed E-state index contributed by atoms with van der Waals surface area (Å²) < 4.78 is 0. The van der Waals surface area contributed by atoms with Crippen LogP contribution in [0.1, 0.15) is 33.6 Å². The zero-order valence-corrected chi connectivity index (χ0v) is 9.84. The maximum atomic E-state index is 11.8. The number of carbonyl (C=O) groups is 1. The largest absolute Gasteiger partial charge is 0.396 e. The third-order valence-corrected chi connectivity index (χ3v) is 3.07. The molecule has 1 unspecified atom stereocenters. The maximum Gasteiger partial charge on any atom is 0.240 e. The van der Waals surface area contributed by atoms with Gasteiger partial charge < -0.3 is 16.2 Å². The van der Waals surface area contributed by atoms with E-state index in [2.05, 4.69) is 5.32 Å². The molecule has 1 saturated carbocycles. The Bertz CT molecular complexity index is 245. The Hall–Kier alpha value is -0.610. The number of carbonyl (C=O) groups excluding carboxylic acids is 1. The highest BCUT2D eigenvalue weighted by molar-refractivity contribution is 5.86.